The SMILES string of the molecule is CC(C)N(CC(=O)N1CCc2sccc2[C@H]1COc1ccc(F)cc1)C[C@@H](O)Cc1ccccc1. The molecule has 2 heterocycles. The Balaban J connectivity index is 1.43. The number of ether oxygens (including phenoxy) is 1. The van der Waals surface area contributed by atoms with Crippen molar-refractivity contribution in [3.05, 3.63) is 87.9 Å². The van der Waals surface area contributed by atoms with Crippen LogP contribution < -0.4 is 4.74 Å². The Hall–Kier alpha value is -2.74. The van der Waals surface area contributed by atoms with Crippen molar-refractivity contribution < 1.29 is 19.0 Å². The van der Waals surface area contributed by atoms with E-state index in [0.29, 0.717) is 31.9 Å². The highest BCUT2D eigenvalue weighted by atomic mass is 32.1. The zero-order valence-electron chi connectivity index (χ0n) is 20.3. The molecule has 1 aliphatic heterocycles. The average Bonchev–Trinajstić information content (AvgIpc) is 3.33. The zero-order chi connectivity index (χ0) is 24.8. The molecular formula is C28H33FN2O3S. The lowest BCUT2D eigenvalue weighted by atomic mass is 10.00. The molecule has 7 heteroatoms. The number of aliphatic hydroxyl groups is 1. The van der Waals surface area contributed by atoms with E-state index in [-0.39, 0.29) is 30.4 Å². The van der Waals surface area contributed by atoms with E-state index >= 15 is 0 Å². The van der Waals surface area contributed by atoms with Gasteiger partial charge in [0.1, 0.15) is 18.2 Å². The van der Waals surface area contributed by atoms with Crippen LogP contribution >= 0.6 is 11.3 Å². The first kappa shape index (κ1) is 25.4. The van der Waals surface area contributed by atoms with Crippen LogP contribution in [0.3, 0.4) is 0 Å². The number of fused-ring (bicyclic) bond motifs is 1. The summed E-state index contributed by atoms with van der Waals surface area (Å²) in [7, 11) is 0. The molecule has 0 saturated carbocycles. The number of nitrogens with zero attached hydrogens (tertiary/aromatic N) is 2. The third kappa shape index (κ3) is 6.69. The molecule has 0 spiro atoms. The summed E-state index contributed by atoms with van der Waals surface area (Å²) in [4.78, 5) is 18.8. The fourth-order valence-corrected chi connectivity index (χ4v) is 5.45. The number of hydrogen-bond donors (Lipinski definition) is 1. The van der Waals surface area contributed by atoms with E-state index in [1.807, 2.05) is 54.0 Å². The molecule has 0 saturated heterocycles. The van der Waals surface area contributed by atoms with Crippen molar-refractivity contribution in [1.82, 2.24) is 9.80 Å². The molecule has 5 nitrogen and oxygen atoms in total. The maximum atomic E-state index is 13.6. The van der Waals surface area contributed by atoms with Gasteiger partial charge in [-0.1, -0.05) is 30.3 Å². The minimum absolute atomic E-state index is 0.0233. The van der Waals surface area contributed by atoms with Crippen molar-refractivity contribution >= 4 is 17.2 Å². The van der Waals surface area contributed by atoms with E-state index in [4.69, 9.17) is 4.74 Å². The monoisotopic (exact) mass is 496 g/mol. The molecule has 0 unspecified atom stereocenters. The van der Waals surface area contributed by atoms with Crippen molar-refractivity contribution in [3.63, 3.8) is 0 Å². The Kier molecular flexibility index (Phi) is 8.55. The minimum Gasteiger partial charge on any atom is -0.491 e. The van der Waals surface area contributed by atoms with Crippen LogP contribution in [0.2, 0.25) is 0 Å². The second-order valence-corrected chi connectivity index (χ2v) is 10.3. The lowest BCUT2D eigenvalue weighted by Gasteiger charge is -2.38. The third-order valence-corrected chi connectivity index (χ3v) is 7.46. The average molecular weight is 497 g/mol. The van der Waals surface area contributed by atoms with Gasteiger partial charge in [0.2, 0.25) is 5.91 Å². The fourth-order valence-electron chi connectivity index (χ4n) is 4.52. The molecule has 1 N–H and O–H groups in total. The summed E-state index contributed by atoms with van der Waals surface area (Å²) >= 11 is 1.71. The molecule has 186 valence electrons. The van der Waals surface area contributed by atoms with Gasteiger partial charge < -0.3 is 14.7 Å². The van der Waals surface area contributed by atoms with E-state index in [0.717, 1.165) is 17.5 Å². The summed E-state index contributed by atoms with van der Waals surface area (Å²) in [5.74, 6) is 0.291. The summed E-state index contributed by atoms with van der Waals surface area (Å²) in [6, 6.07) is 17.8. The third-order valence-electron chi connectivity index (χ3n) is 6.46. The largest absolute Gasteiger partial charge is 0.491 e. The summed E-state index contributed by atoms with van der Waals surface area (Å²) in [6.07, 6.45) is 0.813. The Morgan fingerprint density at radius 2 is 1.91 bits per heavy atom. The maximum absolute atomic E-state index is 13.6. The standard InChI is InChI=1S/C28H33FN2O3S/c1-20(2)30(17-23(32)16-21-6-4-3-5-7-21)18-28(33)31-14-12-27-25(13-15-35-27)26(31)19-34-24-10-8-22(29)9-11-24/h3-11,13,15,20,23,26,32H,12,14,16-19H2,1-2H3/t23-,26+/m0/s1. The molecule has 2 atom stereocenters. The minimum atomic E-state index is -0.560. The van der Waals surface area contributed by atoms with E-state index < -0.39 is 6.10 Å². The van der Waals surface area contributed by atoms with Crippen LogP contribution in [0, 0.1) is 5.82 Å². The predicted octanol–water partition coefficient (Wildman–Crippen LogP) is 4.71. The van der Waals surface area contributed by atoms with Gasteiger partial charge >= 0.3 is 0 Å². The van der Waals surface area contributed by atoms with Crippen LogP contribution in [0.5, 0.6) is 5.75 Å². The van der Waals surface area contributed by atoms with Crippen molar-refractivity contribution in [1.29, 1.82) is 0 Å². The second kappa shape index (κ2) is 11.8. The number of thiophene rings is 1. The number of carbonyl (C=O) groups excluding carboxylic acids is 1. The van der Waals surface area contributed by atoms with E-state index in [1.54, 1.807) is 23.5 Å². The Morgan fingerprint density at radius 3 is 2.63 bits per heavy atom. The van der Waals surface area contributed by atoms with Crippen LogP contribution in [0.15, 0.2) is 66.0 Å². The van der Waals surface area contributed by atoms with Crippen LogP contribution in [0.1, 0.15) is 35.9 Å². The molecule has 3 aromatic rings. The predicted molar refractivity (Wildman–Crippen MR) is 137 cm³/mol. The molecule has 0 bridgehead atoms. The van der Waals surface area contributed by atoms with Crippen LogP contribution in [0.25, 0.3) is 0 Å². The lowest BCUT2D eigenvalue weighted by Crippen LogP contribution is -2.49. The first-order chi connectivity index (χ1) is 16.9. The van der Waals surface area contributed by atoms with Crippen LogP contribution in [-0.2, 0) is 17.6 Å². The van der Waals surface area contributed by atoms with Gasteiger partial charge in [-0.05, 0) is 73.5 Å². The number of carbonyl (C=O) groups is 1. The summed E-state index contributed by atoms with van der Waals surface area (Å²) in [6.45, 7) is 5.68. The molecule has 1 aliphatic rings. The van der Waals surface area contributed by atoms with Crippen molar-refractivity contribution in [3.8, 4) is 5.75 Å². The Bertz CT molecular complexity index is 1090. The molecule has 1 aromatic heterocycles. The van der Waals surface area contributed by atoms with E-state index in [9.17, 15) is 14.3 Å². The van der Waals surface area contributed by atoms with Gasteiger partial charge in [0.15, 0.2) is 0 Å². The highest BCUT2D eigenvalue weighted by Crippen LogP contribution is 2.34. The highest BCUT2D eigenvalue weighted by molar-refractivity contribution is 7.10. The molecule has 35 heavy (non-hydrogen) atoms. The summed E-state index contributed by atoms with van der Waals surface area (Å²) < 4.78 is 19.3. The molecular weight excluding hydrogens is 463 g/mol. The molecule has 2 aromatic carbocycles. The van der Waals surface area contributed by atoms with Crippen LogP contribution in [-0.4, -0.2) is 59.2 Å². The van der Waals surface area contributed by atoms with Gasteiger partial charge in [-0.15, -0.1) is 11.3 Å². The van der Waals surface area contributed by atoms with Crippen molar-refractivity contribution in [2.24, 2.45) is 0 Å². The smallest absolute Gasteiger partial charge is 0.237 e. The van der Waals surface area contributed by atoms with Gasteiger partial charge in [0.25, 0.3) is 0 Å². The number of hydrogen-bond acceptors (Lipinski definition) is 5. The van der Waals surface area contributed by atoms with Gasteiger partial charge in [-0.3, -0.25) is 9.69 Å². The Labute approximate surface area is 210 Å². The first-order valence-electron chi connectivity index (χ1n) is 12.1. The number of amides is 1. The summed E-state index contributed by atoms with van der Waals surface area (Å²) in [5, 5.41) is 12.8. The zero-order valence-corrected chi connectivity index (χ0v) is 21.1. The molecule has 4 rings (SSSR count). The van der Waals surface area contributed by atoms with E-state index in [1.165, 1.54) is 17.0 Å². The lowest BCUT2D eigenvalue weighted by molar-refractivity contribution is -0.137. The van der Waals surface area contributed by atoms with Gasteiger partial charge in [0.05, 0.1) is 18.7 Å². The topological polar surface area (TPSA) is 53.0 Å². The highest BCUT2D eigenvalue weighted by Gasteiger charge is 2.33. The Morgan fingerprint density at radius 1 is 1.17 bits per heavy atom. The van der Waals surface area contributed by atoms with Gasteiger partial charge in [-0.25, -0.2) is 4.39 Å². The molecule has 0 radical (unpaired) electrons. The van der Waals surface area contributed by atoms with Gasteiger partial charge in [0, 0.05) is 24.0 Å². The van der Waals surface area contributed by atoms with Crippen LogP contribution in [0.4, 0.5) is 4.39 Å². The van der Waals surface area contributed by atoms with E-state index in [2.05, 4.69) is 11.4 Å². The molecule has 0 aliphatic carbocycles. The van der Waals surface area contributed by atoms with Gasteiger partial charge in [-0.2, -0.15) is 0 Å². The fraction of sp³-hybridized carbons (Fsp3) is 0.393. The van der Waals surface area contributed by atoms with Crippen molar-refractivity contribution in [2.45, 2.75) is 44.9 Å². The molecule has 1 amide bonds. The molecule has 0 fully saturated rings. The normalized spacial score (nSPS) is 16.4. The first-order valence-corrected chi connectivity index (χ1v) is 13.0. The van der Waals surface area contributed by atoms with Crippen molar-refractivity contribution in [2.75, 3.05) is 26.2 Å². The summed E-state index contributed by atoms with van der Waals surface area (Å²) in [5.41, 5.74) is 2.20. The number of rotatable bonds is 10. The second-order valence-electron chi connectivity index (χ2n) is 9.28. The maximum Gasteiger partial charge on any atom is 0.237 e. The number of benzene rings is 2. The quantitative estimate of drug-likeness (QED) is 0.442. The number of aliphatic hydroxyl groups excluding tert-OH is 1. The number of halogens is 1.